The second kappa shape index (κ2) is 7.36. The van der Waals surface area contributed by atoms with Crippen LogP contribution >= 0.6 is 0 Å². The predicted molar refractivity (Wildman–Crippen MR) is 74.1 cm³/mol. The number of carbonyl (C=O) groups is 3. The van der Waals surface area contributed by atoms with Crippen LogP contribution in [0.15, 0.2) is 12.7 Å². The Hall–Kier alpha value is -1.69. The minimum atomic E-state index is -0.493. The van der Waals surface area contributed by atoms with E-state index in [2.05, 4.69) is 6.58 Å². The summed E-state index contributed by atoms with van der Waals surface area (Å²) in [6, 6.07) is 0. The number of ether oxygens (including phenoxy) is 2. The van der Waals surface area contributed by atoms with E-state index < -0.39 is 5.97 Å². The molecule has 0 bridgehead atoms. The molecule has 2 atom stereocenters. The van der Waals surface area contributed by atoms with Gasteiger partial charge in [0.1, 0.15) is 6.61 Å². The van der Waals surface area contributed by atoms with Crippen LogP contribution in [0.4, 0.5) is 0 Å². The standard InChI is InChI=1S/C15H21NO5/c1-2-13(17)21-10-9-20-8-7-16-14(18)11-5-3-4-6-12(11)15(16)19/h2,11-12H,1,3-10H2. The molecule has 2 rings (SSSR count). The second-order valence-electron chi connectivity index (χ2n) is 5.31. The summed E-state index contributed by atoms with van der Waals surface area (Å²) in [6.07, 6.45) is 4.79. The first-order chi connectivity index (χ1) is 10.1. The van der Waals surface area contributed by atoms with E-state index >= 15 is 0 Å². The molecule has 2 unspecified atom stereocenters. The number of hydrogen-bond donors (Lipinski definition) is 0. The van der Waals surface area contributed by atoms with Crippen LogP contribution in [-0.4, -0.2) is 49.0 Å². The summed E-state index contributed by atoms with van der Waals surface area (Å²) < 4.78 is 10.0. The quantitative estimate of drug-likeness (QED) is 0.302. The fourth-order valence-corrected chi connectivity index (χ4v) is 2.97. The third-order valence-corrected chi connectivity index (χ3v) is 4.03. The molecule has 0 aromatic rings. The van der Waals surface area contributed by atoms with Gasteiger partial charge in [0, 0.05) is 6.08 Å². The van der Waals surface area contributed by atoms with Crippen molar-refractivity contribution in [1.29, 1.82) is 0 Å². The van der Waals surface area contributed by atoms with Gasteiger partial charge in [-0.15, -0.1) is 0 Å². The molecule has 2 amide bonds. The Balaban J connectivity index is 1.68. The van der Waals surface area contributed by atoms with Crippen molar-refractivity contribution in [3.63, 3.8) is 0 Å². The number of esters is 1. The molecular formula is C15H21NO5. The predicted octanol–water partition coefficient (Wildman–Crippen LogP) is 0.907. The number of likely N-dealkylation sites (tertiary alicyclic amines) is 1. The third-order valence-electron chi connectivity index (χ3n) is 4.03. The zero-order chi connectivity index (χ0) is 15.2. The van der Waals surface area contributed by atoms with Gasteiger partial charge in [-0.25, -0.2) is 4.79 Å². The smallest absolute Gasteiger partial charge is 0.330 e. The molecule has 2 aliphatic rings. The van der Waals surface area contributed by atoms with Gasteiger partial charge in [0.25, 0.3) is 0 Å². The number of hydrogen-bond acceptors (Lipinski definition) is 5. The van der Waals surface area contributed by atoms with Crippen molar-refractivity contribution < 1.29 is 23.9 Å². The molecule has 0 spiro atoms. The number of nitrogens with zero attached hydrogens (tertiary/aromatic N) is 1. The molecule has 1 saturated carbocycles. The largest absolute Gasteiger partial charge is 0.460 e. The highest BCUT2D eigenvalue weighted by Gasteiger charge is 2.47. The molecule has 6 heteroatoms. The number of amides is 2. The Morgan fingerprint density at radius 3 is 2.33 bits per heavy atom. The molecular weight excluding hydrogens is 274 g/mol. The van der Waals surface area contributed by atoms with E-state index in [1.807, 2.05) is 0 Å². The first-order valence-electron chi connectivity index (χ1n) is 7.37. The highest BCUT2D eigenvalue weighted by atomic mass is 16.6. The van der Waals surface area contributed by atoms with E-state index in [1.165, 1.54) is 4.90 Å². The monoisotopic (exact) mass is 295 g/mol. The highest BCUT2D eigenvalue weighted by Crippen LogP contribution is 2.37. The van der Waals surface area contributed by atoms with Crippen molar-refractivity contribution in [3.8, 4) is 0 Å². The van der Waals surface area contributed by atoms with Gasteiger partial charge in [0.2, 0.25) is 11.8 Å². The summed E-state index contributed by atoms with van der Waals surface area (Å²) in [6.45, 7) is 4.20. The van der Waals surface area contributed by atoms with Crippen molar-refractivity contribution in [3.05, 3.63) is 12.7 Å². The topological polar surface area (TPSA) is 72.9 Å². The van der Waals surface area contributed by atoms with Crippen molar-refractivity contribution in [2.45, 2.75) is 25.7 Å². The summed E-state index contributed by atoms with van der Waals surface area (Å²) in [5.74, 6) is -0.815. The first-order valence-corrected chi connectivity index (χ1v) is 7.37. The summed E-state index contributed by atoms with van der Waals surface area (Å²) in [5, 5.41) is 0. The van der Waals surface area contributed by atoms with Gasteiger partial charge in [0.05, 0.1) is 31.6 Å². The van der Waals surface area contributed by atoms with Crippen LogP contribution in [0.25, 0.3) is 0 Å². The molecule has 21 heavy (non-hydrogen) atoms. The van der Waals surface area contributed by atoms with Crippen molar-refractivity contribution in [2.75, 3.05) is 26.4 Å². The van der Waals surface area contributed by atoms with E-state index in [4.69, 9.17) is 9.47 Å². The maximum absolute atomic E-state index is 12.2. The maximum Gasteiger partial charge on any atom is 0.330 e. The lowest BCUT2D eigenvalue weighted by atomic mass is 9.81. The van der Waals surface area contributed by atoms with Crippen LogP contribution in [0.3, 0.4) is 0 Å². The maximum atomic E-state index is 12.2. The third kappa shape index (κ3) is 3.69. The molecule has 1 heterocycles. The Bertz CT molecular complexity index is 410. The summed E-state index contributed by atoms with van der Waals surface area (Å²) in [4.78, 5) is 36.5. The van der Waals surface area contributed by atoms with Crippen molar-refractivity contribution in [2.24, 2.45) is 11.8 Å². The van der Waals surface area contributed by atoms with E-state index in [1.54, 1.807) is 0 Å². The van der Waals surface area contributed by atoms with Gasteiger partial charge >= 0.3 is 5.97 Å². The average Bonchev–Trinajstić information content (AvgIpc) is 2.75. The van der Waals surface area contributed by atoms with E-state index in [-0.39, 0.29) is 50.0 Å². The average molecular weight is 295 g/mol. The van der Waals surface area contributed by atoms with Crippen LogP contribution in [0.1, 0.15) is 25.7 Å². The SMILES string of the molecule is C=CC(=O)OCCOCCN1C(=O)C2CCCCC2C1=O. The number of rotatable bonds is 7. The second-order valence-corrected chi connectivity index (χ2v) is 5.31. The Morgan fingerprint density at radius 1 is 1.14 bits per heavy atom. The molecule has 0 radical (unpaired) electrons. The molecule has 1 aliphatic heterocycles. The lowest BCUT2D eigenvalue weighted by Gasteiger charge is -2.19. The Kier molecular flexibility index (Phi) is 5.50. The number of imide groups is 1. The van der Waals surface area contributed by atoms with Crippen molar-refractivity contribution >= 4 is 17.8 Å². The molecule has 0 aromatic carbocycles. The zero-order valence-electron chi connectivity index (χ0n) is 12.1. The lowest BCUT2D eigenvalue weighted by molar-refractivity contribution is -0.140. The molecule has 2 fully saturated rings. The molecule has 0 aromatic heterocycles. The van der Waals surface area contributed by atoms with Gasteiger partial charge in [-0.3, -0.25) is 14.5 Å². The lowest BCUT2D eigenvalue weighted by Crippen LogP contribution is -2.34. The Morgan fingerprint density at radius 2 is 1.76 bits per heavy atom. The van der Waals surface area contributed by atoms with Crippen LogP contribution in [0.2, 0.25) is 0 Å². The van der Waals surface area contributed by atoms with Gasteiger partial charge in [-0.05, 0) is 12.8 Å². The van der Waals surface area contributed by atoms with Crippen LogP contribution < -0.4 is 0 Å². The van der Waals surface area contributed by atoms with Crippen LogP contribution in [0, 0.1) is 11.8 Å². The van der Waals surface area contributed by atoms with Crippen LogP contribution in [-0.2, 0) is 23.9 Å². The van der Waals surface area contributed by atoms with Gasteiger partial charge in [-0.2, -0.15) is 0 Å². The summed E-state index contributed by atoms with van der Waals surface area (Å²) in [5.41, 5.74) is 0. The van der Waals surface area contributed by atoms with Crippen LogP contribution in [0.5, 0.6) is 0 Å². The molecule has 116 valence electrons. The van der Waals surface area contributed by atoms with E-state index in [0.29, 0.717) is 0 Å². The first kappa shape index (κ1) is 15.7. The Labute approximate surface area is 124 Å². The summed E-state index contributed by atoms with van der Waals surface area (Å²) in [7, 11) is 0. The molecule has 6 nitrogen and oxygen atoms in total. The fourth-order valence-electron chi connectivity index (χ4n) is 2.97. The number of fused-ring (bicyclic) bond motifs is 1. The van der Waals surface area contributed by atoms with Gasteiger partial charge in [-0.1, -0.05) is 19.4 Å². The molecule has 1 saturated heterocycles. The minimum absolute atomic E-state index is 0.0496. The fraction of sp³-hybridized carbons (Fsp3) is 0.667. The molecule has 0 N–H and O–H groups in total. The normalized spacial score (nSPS) is 24.9. The highest BCUT2D eigenvalue weighted by molar-refractivity contribution is 6.05. The van der Waals surface area contributed by atoms with E-state index in [0.717, 1.165) is 31.8 Å². The number of carbonyl (C=O) groups excluding carboxylic acids is 3. The zero-order valence-corrected chi connectivity index (χ0v) is 12.1. The summed E-state index contributed by atoms with van der Waals surface area (Å²) >= 11 is 0. The molecule has 1 aliphatic carbocycles. The van der Waals surface area contributed by atoms with E-state index in [9.17, 15) is 14.4 Å². The minimum Gasteiger partial charge on any atom is -0.460 e. The van der Waals surface area contributed by atoms with Gasteiger partial charge in [0.15, 0.2) is 0 Å². The van der Waals surface area contributed by atoms with Crippen molar-refractivity contribution in [1.82, 2.24) is 4.90 Å². The van der Waals surface area contributed by atoms with Gasteiger partial charge < -0.3 is 9.47 Å².